The van der Waals surface area contributed by atoms with E-state index in [1.54, 1.807) is 7.11 Å². The zero-order valence-electron chi connectivity index (χ0n) is 14.8. The molecule has 0 unspecified atom stereocenters. The molecule has 0 bridgehead atoms. The van der Waals surface area contributed by atoms with Gasteiger partial charge >= 0.3 is 0 Å². The summed E-state index contributed by atoms with van der Waals surface area (Å²) in [7, 11) is 1.63. The number of carbonyl (C=O) groups is 1. The van der Waals surface area contributed by atoms with Gasteiger partial charge in [0.2, 0.25) is 0 Å². The monoisotopic (exact) mass is 361 g/mol. The highest BCUT2D eigenvalue weighted by Gasteiger charge is 2.25. The van der Waals surface area contributed by atoms with E-state index in [0.29, 0.717) is 30.3 Å². The van der Waals surface area contributed by atoms with Gasteiger partial charge < -0.3 is 19.7 Å². The molecule has 0 spiro atoms. The minimum absolute atomic E-state index is 0.0230. The van der Waals surface area contributed by atoms with Crippen molar-refractivity contribution in [2.24, 2.45) is 0 Å². The molecule has 1 N–H and O–H groups in total. The highest BCUT2D eigenvalue weighted by Crippen LogP contribution is 2.34. The fourth-order valence-electron chi connectivity index (χ4n) is 2.86. The highest BCUT2D eigenvalue weighted by molar-refractivity contribution is 7.17. The Labute approximate surface area is 151 Å². The number of fused-ring (bicyclic) bond motifs is 1. The molecule has 1 aromatic carbocycles. The first kappa shape index (κ1) is 17.5. The van der Waals surface area contributed by atoms with Crippen molar-refractivity contribution in [3.63, 3.8) is 0 Å². The number of benzene rings is 1. The summed E-state index contributed by atoms with van der Waals surface area (Å²) >= 11 is 1.42. The number of amides is 1. The zero-order chi connectivity index (χ0) is 17.8. The molecule has 0 saturated heterocycles. The lowest BCUT2D eigenvalue weighted by atomic mass is 10.1. The number of thiazole rings is 1. The number of ether oxygens (including phenoxy) is 2. The van der Waals surface area contributed by atoms with Crippen LogP contribution in [0.2, 0.25) is 0 Å². The standard InChI is InChI=1S/C18H23N3O3S/c1-4-19-18-20-12(2)16(25-18)17(22)21-9-6-10-24-15-13(11-21)7-5-8-14(15)23-3/h5,7-8H,4,6,9-11H2,1-3H3,(H,19,20). The second-order valence-corrected chi connectivity index (χ2v) is 6.84. The van der Waals surface area contributed by atoms with Crippen LogP contribution in [0.1, 0.15) is 34.3 Å². The third kappa shape index (κ3) is 3.71. The maximum Gasteiger partial charge on any atom is 0.266 e. The van der Waals surface area contributed by atoms with Gasteiger partial charge in [-0.05, 0) is 26.3 Å². The molecule has 25 heavy (non-hydrogen) atoms. The van der Waals surface area contributed by atoms with Crippen LogP contribution in [0, 0.1) is 6.92 Å². The van der Waals surface area contributed by atoms with Crippen molar-refractivity contribution >= 4 is 22.4 Å². The first-order chi connectivity index (χ1) is 12.1. The Balaban J connectivity index is 1.88. The molecule has 1 aliphatic rings. The van der Waals surface area contributed by atoms with Gasteiger partial charge in [0.15, 0.2) is 16.6 Å². The maximum atomic E-state index is 13.1. The summed E-state index contributed by atoms with van der Waals surface area (Å²) in [5, 5.41) is 3.97. The van der Waals surface area contributed by atoms with Gasteiger partial charge in [-0.3, -0.25) is 4.79 Å². The SMILES string of the molecule is CCNc1nc(C)c(C(=O)N2CCCOc3c(cccc3OC)C2)s1. The largest absolute Gasteiger partial charge is 0.493 e. The molecule has 0 saturated carbocycles. The van der Waals surface area contributed by atoms with E-state index in [0.717, 1.165) is 35.1 Å². The number of anilines is 1. The Hall–Kier alpha value is -2.28. The number of carbonyl (C=O) groups excluding carboxylic acids is 1. The smallest absolute Gasteiger partial charge is 0.266 e. The number of aryl methyl sites for hydroxylation is 1. The van der Waals surface area contributed by atoms with Gasteiger partial charge in [-0.25, -0.2) is 4.98 Å². The van der Waals surface area contributed by atoms with Crippen molar-refractivity contribution in [3.8, 4) is 11.5 Å². The number of hydrogen-bond donors (Lipinski definition) is 1. The summed E-state index contributed by atoms with van der Waals surface area (Å²) in [6.45, 7) is 6.40. The van der Waals surface area contributed by atoms with E-state index in [9.17, 15) is 4.79 Å². The summed E-state index contributed by atoms with van der Waals surface area (Å²) < 4.78 is 11.3. The fraction of sp³-hybridized carbons (Fsp3) is 0.444. The Morgan fingerprint density at radius 3 is 3.08 bits per heavy atom. The number of nitrogens with one attached hydrogen (secondary N) is 1. The van der Waals surface area contributed by atoms with Gasteiger partial charge in [0.05, 0.1) is 19.4 Å². The third-order valence-electron chi connectivity index (χ3n) is 4.07. The van der Waals surface area contributed by atoms with Crippen molar-refractivity contribution in [3.05, 3.63) is 34.3 Å². The van der Waals surface area contributed by atoms with Crippen LogP contribution in [0.15, 0.2) is 18.2 Å². The predicted octanol–water partition coefficient (Wildman–Crippen LogP) is 3.32. The van der Waals surface area contributed by atoms with E-state index in [4.69, 9.17) is 9.47 Å². The molecule has 0 atom stereocenters. The Kier molecular flexibility index (Phi) is 5.43. The van der Waals surface area contributed by atoms with Gasteiger partial charge in [-0.1, -0.05) is 23.5 Å². The normalized spacial score (nSPS) is 14.1. The van der Waals surface area contributed by atoms with Crippen LogP contribution in [0.25, 0.3) is 0 Å². The molecule has 1 aromatic heterocycles. The van der Waals surface area contributed by atoms with E-state index in [1.165, 1.54) is 11.3 Å². The number of nitrogens with zero attached hydrogens (tertiary/aromatic N) is 2. The molecule has 0 fully saturated rings. The van der Waals surface area contributed by atoms with Crippen LogP contribution in [-0.2, 0) is 6.54 Å². The topological polar surface area (TPSA) is 63.7 Å². The van der Waals surface area contributed by atoms with Crippen molar-refractivity contribution in [2.45, 2.75) is 26.8 Å². The molecule has 6 nitrogen and oxygen atoms in total. The molecule has 1 aliphatic heterocycles. The average Bonchev–Trinajstić information content (AvgIpc) is 2.95. The van der Waals surface area contributed by atoms with E-state index >= 15 is 0 Å². The van der Waals surface area contributed by atoms with E-state index in [2.05, 4.69) is 10.3 Å². The summed E-state index contributed by atoms with van der Waals surface area (Å²) in [5.74, 6) is 1.46. The van der Waals surface area contributed by atoms with Crippen LogP contribution in [0.4, 0.5) is 5.13 Å². The second kappa shape index (κ2) is 7.74. The zero-order valence-corrected chi connectivity index (χ0v) is 15.6. The lowest BCUT2D eigenvalue weighted by Gasteiger charge is -2.27. The van der Waals surface area contributed by atoms with Crippen LogP contribution >= 0.6 is 11.3 Å². The van der Waals surface area contributed by atoms with Gasteiger partial charge in [-0.15, -0.1) is 0 Å². The lowest BCUT2D eigenvalue weighted by molar-refractivity contribution is 0.0725. The molecule has 2 heterocycles. The Bertz CT molecular complexity index is 760. The van der Waals surface area contributed by atoms with Gasteiger partial charge in [0, 0.05) is 25.2 Å². The van der Waals surface area contributed by atoms with Crippen molar-refractivity contribution < 1.29 is 14.3 Å². The molecular formula is C18H23N3O3S. The molecule has 2 aromatic rings. The fourth-order valence-corrected chi connectivity index (χ4v) is 3.87. The number of rotatable bonds is 4. The number of aromatic nitrogens is 1. The van der Waals surface area contributed by atoms with Crippen LogP contribution < -0.4 is 14.8 Å². The lowest BCUT2D eigenvalue weighted by Crippen LogP contribution is -2.33. The number of para-hydroxylation sites is 1. The van der Waals surface area contributed by atoms with Crippen LogP contribution in [-0.4, -0.2) is 42.6 Å². The number of methoxy groups -OCH3 is 1. The van der Waals surface area contributed by atoms with Gasteiger partial charge in [0.25, 0.3) is 5.91 Å². The second-order valence-electron chi connectivity index (χ2n) is 5.84. The minimum Gasteiger partial charge on any atom is -0.493 e. The van der Waals surface area contributed by atoms with Crippen LogP contribution in [0.5, 0.6) is 11.5 Å². The Morgan fingerprint density at radius 2 is 2.32 bits per heavy atom. The molecule has 1 amide bonds. The maximum absolute atomic E-state index is 13.1. The van der Waals surface area contributed by atoms with E-state index < -0.39 is 0 Å². The molecule has 0 radical (unpaired) electrons. The first-order valence-electron chi connectivity index (χ1n) is 8.43. The molecule has 3 rings (SSSR count). The average molecular weight is 361 g/mol. The van der Waals surface area contributed by atoms with Crippen molar-refractivity contribution in [1.29, 1.82) is 0 Å². The summed E-state index contributed by atoms with van der Waals surface area (Å²) in [4.78, 5) is 20.1. The third-order valence-corrected chi connectivity index (χ3v) is 5.17. The van der Waals surface area contributed by atoms with Gasteiger partial charge in [0.1, 0.15) is 4.88 Å². The molecular weight excluding hydrogens is 338 g/mol. The van der Waals surface area contributed by atoms with Crippen LogP contribution in [0.3, 0.4) is 0 Å². The van der Waals surface area contributed by atoms with Gasteiger partial charge in [-0.2, -0.15) is 0 Å². The van der Waals surface area contributed by atoms with E-state index in [-0.39, 0.29) is 5.91 Å². The highest BCUT2D eigenvalue weighted by atomic mass is 32.1. The minimum atomic E-state index is 0.0230. The quantitative estimate of drug-likeness (QED) is 0.905. The van der Waals surface area contributed by atoms with Crippen molar-refractivity contribution in [1.82, 2.24) is 9.88 Å². The van der Waals surface area contributed by atoms with E-state index in [1.807, 2.05) is 36.9 Å². The molecule has 7 heteroatoms. The predicted molar refractivity (Wildman–Crippen MR) is 98.9 cm³/mol. The summed E-state index contributed by atoms with van der Waals surface area (Å²) in [6.07, 6.45) is 0.779. The summed E-state index contributed by atoms with van der Waals surface area (Å²) in [5.41, 5.74) is 1.73. The Morgan fingerprint density at radius 1 is 1.48 bits per heavy atom. The summed E-state index contributed by atoms with van der Waals surface area (Å²) in [6, 6.07) is 5.78. The molecule has 134 valence electrons. The van der Waals surface area contributed by atoms with Crippen molar-refractivity contribution in [2.75, 3.05) is 32.1 Å². The first-order valence-corrected chi connectivity index (χ1v) is 9.25. The number of hydrogen-bond acceptors (Lipinski definition) is 6. The molecule has 0 aliphatic carbocycles.